The molecule has 4 heteroatoms. The van der Waals surface area contributed by atoms with E-state index >= 15 is 0 Å². The lowest BCUT2D eigenvalue weighted by atomic mass is 9.93. The van der Waals surface area contributed by atoms with Crippen molar-refractivity contribution in [3.8, 4) is 11.5 Å². The van der Waals surface area contributed by atoms with E-state index in [-0.39, 0.29) is 6.61 Å². The van der Waals surface area contributed by atoms with Gasteiger partial charge in [0.15, 0.2) is 11.5 Å². The molecule has 2 unspecified atom stereocenters. The van der Waals surface area contributed by atoms with Crippen LogP contribution in [0.4, 0.5) is 0 Å². The highest BCUT2D eigenvalue weighted by Crippen LogP contribution is 2.33. The highest BCUT2D eigenvalue weighted by atomic mass is 16.5. The lowest BCUT2D eigenvalue weighted by Crippen LogP contribution is -2.42. The highest BCUT2D eigenvalue weighted by molar-refractivity contribution is 5.46. The molecule has 2 atom stereocenters. The maximum atomic E-state index is 9.37. The van der Waals surface area contributed by atoms with Crippen LogP contribution in [-0.2, 0) is 6.54 Å². The zero-order chi connectivity index (χ0) is 14.5. The molecular formula is C16H25NO3. The lowest BCUT2D eigenvalue weighted by molar-refractivity contribution is 0.0764. The van der Waals surface area contributed by atoms with Crippen LogP contribution in [0.15, 0.2) is 18.2 Å². The number of ether oxygens (including phenoxy) is 2. The standard InChI is InChI=1S/C16H25NO3/c1-12-7-8-13(11-18)9-17(12)10-14-5-4-6-15(19-2)16(14)20-3/h4-6,12-13,18H,7-11H2,1-3H3. The van der Waals surface area contributed by atoms with E-state index < -0.39 is 0 Å². The van der Waals surface area contributed by atoms with Crippen LogP contribution in [0, 0.1) is 5.92 Å². The van der Waals surface area contributed by atoms with Gasteiger partial charge < -0.3 is 14.6 Å². The minimum absolute atomic E-state index is 0.276. The van der Waals surface area contributed by atoms with Gasteiger partial charge in [0.1, 0.15) is 0 Å². The number of aliphatic hydroxyl groups is 1. The largest absolute Gasteiger partial charge is 0.493 e. The Bertz CT molecular complexity index is 436. The molecule has 1 aliphatic heterocycles. The van der Waals surface area contributed by atoms with Crippen molar-refractivity contribution in [2.45, 2.75) is 32.4 Å². The molecule has 0 aromatic heterocycles. The summed E-state index contributed by atoms with van der Waals surface area (Å²) < 4.78 is 10.8. The van der Waals surface area contributed by atoms with Gasteiger partial charge in [-0.05, 0) is 31.7 Å². The van der Waals surface area contributed by atoms with Crippen LogP contribution in [0.25, 0.3) is 0 Å². The fraction of sp³-hybridized carbons (Fsp3) is 0.625. The topological polar surface area (TPSA) is 41.9 Å². The predicted molar refractivity (Wildman–Crippen MR) is 79.2 cm³/mol. The molecule has 1 saturated heterocycles. The van der Waals surface area contributed by atoms with Crippen molar-refractivity contribution in [2.75, 3.05) is 27.4 Å². The van der Waals surface area contributed by atoms with E-state index in [1.54, 1.807) is 14.2 Å². The van der Waals surface area contributed by atoms with Gasteiger partial charge in [-0.15, -0.1) is 0 Å². The van der Waals surface area contributed by atoms with E-state index in [9.17, 15) is 5.11 Å². The summed E-state index contributed by atoms with van der Waals surface area (Å²) in [6, 6.07) is 6.53. The summed E-state index contributed by atoms with van der Waals surface area (Å²) in [5.41, 5.74) is 1.14. The monoisotopic (exact) mass is 279 g/mol. The molecule has 1 aromatic rings. The van der Waals surface area contributed by atoms with E-state index in [1.807, 2.05) is 12.1 Å². The molecule has 0 aliphatic carbocycles. The van der Waals surface area contributed by atoms with Crippen LogP contribution in [0.1, 0.15) is 25.3 Å². The molecule has 1 heterocycles. The molecule has 0 radical (unpaired) electrons. The Hall–Kier alpha value is -1.26. The van der Waals surface area contributed by atoms with Gasteiger partial charge in [0.25, 0.3) is 0 Å². The summed E-state index contributed by atoms with van der Waals surface area (Å²) in [5.74, 6) is 1.98. The molecule has 4 nitrogen and oxygen atoms in total. The molecule has 2 rings (SSSR count). The van der Waals surface area contributed by atoms with Gasteiger partial charge in [-0.3, -0.25) is 4.90 Å². The van der Waals surface area contributed by atoms with Gasteiger partial charge in [-0.25, -0.2) is 0 Å². The van der Waals surface area contributed by atoms with Crippen molar-refractivity contribution in [1.29, 1.82) is 0 Å². The minimum atomic E-state index is 0.276. The van der Waals surface area contributed by atoms with Gasteiger partial charge >= 0.3 is 0 Å². The molecule has 0 bridgehead atoms. The number of hydrogen-bond donors (Lipinski definition) is 1. The van der Waals surface area contributed by atoms with E-state index in [0.717, 1.165) is 43.0 Å². The average molecular weight is 279 g/mol. The molecule has 1 N–H and O–H groups in total. The maximum Gasteiger partial charge on any atom is 0.165 e. The van der Waals surface area contributed by atoms with Crippen molar-refractivity contribution in [3.63, 3.8) is 0 Å². The number of nitrogens with zero attached hydrogens (tertiary/aromatic N) is 1. The zero-order valence-electron chi connectivity index (χ0n) is 12.6. The number of hydrogen-bond acceptors (Lipinski definition) is 4. The van der Waals surface area contributed by atoms with Crippen molar-refractivity contribution in [2.24, 2.45) is 5.92 Å². The summed E-state index contributed by atoms with van der Waals surface area (Å²) in [6.07, 6.45) is 2.25. The van der Waals surface area contributed by atoms with Crippen LogP contribution in [0.5, 0.6) is 11.5 Å². The van der Waals surface area contributed by atoms with Gasteiger partial charge in [-0.1, -0.05) is 12.1 Å². The van der Waals surface area contributed by atoms with Crippen molar-refractivity contribution < 1.29 is 14.6 Å². The van der Waals surface area contributed by atoms with Crippen LogP contribution in [0.3, 0.4) is 0 Å². The number of methoxy groups -OCH3 is 2. The fourth-order valence-electron chi connectivity index (χ4n) is 2.93. The fourth-order valence-corrected chi connectivity index (χ4v) is 2.93. The van der Waals surface area contributed by atoms with E-state index in [0.29, 0.717) is 12.0 Å². The SMILES string of the molecule is COc1cccc(CN2CC(CO)CCC2C)c1OC. The summed E-state index contributed by atoms with van der Waals surface area (Å²) in [7, 11) is 3.34. The molecule has 1 aliphatic rings. The molecule has 1 aromatic carbocycles. The third kappa shape index (κ3) is 3.25. The van der Waals surface area contributed by atoms with Crippen LogP contribution < -0.4 is 9.47 Å². The summed E-state index contributed by atoms with van der Waals surface area (Å²) in [5, 5.41) is 9.37. The third-order valence-electron chi connectivity index (χ3n) is 4.22. The summed E-state index contributed by atoms with van der Waals surface area (Å²) >= 11 is 0. The van der Waals surface area contributed by atoms with Gasteiger partial charge in [0.2, 0.25) is 0 Å². The minimum Gasteiger partial charge on any atom is -0.493 e. The molecule has 0 amide bonds. The van der Waals surface area contributed by atoms with E-state index in [1.165, 1.54) is 0 Å². The second-order valence-corrected chi connectivity index (χ2v) is 5.56. The third-order valence-corrected chi connectivity index (χ3v) is 4.22. The lowest BCUT2D eigenvalue weighted by Gasteiger charge is -2.37. The molecular weight excluding hydrogens is 254 g/mol. The molecule has 1 fully saturated rings. The van der Waals surface area contributed by atoms with Crippen LogP contribution in [0.2, 0.25) is 0 Å². The Kier molecular flexibility index (Phi) is 5.26. The van der Waals surface area contributed by atoms with Crippen LogP contribution >= 0.6 is 0 Å². The average Bonchev–Trinajstić information content (AvgIpc) is 2.49. The summed E-state index contributed by atoms with van der Waals surface area (Å²) in [6.45, 7) is 4.30. The highest BCUT2D eigenvalue weighted by Gasteiger charge is 2.26. The Balaban J connectivity index is 2.16. The smallest absolute Gasteiger partial charge is 0.165 e. The summed E-state index contributed by atoms with van der Waals surface area (Å²) in [4.78, 5) is 2.42. The first-order valence-electron chi connectivity index (χ1n) is 7.24. The van der Waals surface area contributed by atoms with Gasteiger partial charge in [0.05, 0.1) is 14.2 Å². The van der Waals surface area contributed by atoms with E-state index in [2.05, 4.69) is 17.9 Å². The van der Waals surface area contributed by atoms with E-state index in [4.69, 9.17) is 9.47 Å². The first-order chi connectivity index (χ1) is 9.69. The van der Waals surface area contributed by atoms with Crippen molar-refractivity contribution >= 4 is 0 Å². The first-order valence-corrected chi connectivity index (χ1v) is 7.24. The molecule has 0 spiro atoms. The van der Waals surface area contributed by atoms with Gasteiger partial charge in [-0.2, -0.15) is 0 Å². The number of para-hydroxylation sites is 1. The van der Waals surface area contributed by atoms with Crippen LogP contribution in [-0.4, -0.2) is 43.4 Å². The Morgan fingerprint density at radius 3 is 2.70 bits per heavy atom. The predicted octanol–water partition coefficient (Wildman–Crippen LogP) is 2.30. The second-order valence-electron chi connectivity index (χ2n) is 5.56. The normalized spacial score (nSPS) is 23.6. The van der Waals surface area contributed by atoms with Crippen molar-refractivity contribution in [1.82, 2.24) is 4.90 Å². The van der Waals surface area contributed by atoms with Crippen molar-refractivity contribution in [3.05, 3.63) is 23.8 Å². The first kappa shape index (κ1) is 15.1. The Morgan fingerprint density at radius 2 is 2.05 bits per heavy atom. The number of benzene rings is 1. The quantitative estimate of drug-likeness (QED) is 0.898. The number of aliphatic hydroxyl groups excluding tert-OH is 1. The Labute approximate surface area is 121 Å². The second kappa shape index (κ2) is 6.95. The molecule has 0 saturated carbocycles. The molecule has 112 valence electrons. The molecule has 20 heavy (non-hydrogen) atoms. The Morgan fingerprint density at radius 1 is 1.25 bits per heavy atom. The zero-order valence-corrected chi connectivity index (χ0v) is 12.6. The number of likely N-dealkylation sites (tertiary alicyclic amines) is 1. The number of rotatable bonds is 5. The maximum absolute atomic E-state index is 9.37. The number of piperidine rings is 1. The van der Waals surface area contributed by atoms with Gasteiger partial charge in [0, 0.05) is 31.3 Å².